The quantitative estimate of drug-likeness (QED) is 0.184. The summed E-state index contributed by atoms with van der Waals surface area (Å²) in [7, 11) is 0. The van der Waals surface area contributed by atoms with Gasteiger partial charge < -0.3 is 4.42 Å². The van der Waals surface area contributed by atoms with E-state index in [4.69, 9.17) is 19.4 Å². The summed E-state index contributed by atoms with van der Waals surface area (Å²) in [6.07, 6.45) is 0. The summed E-state index contributed by atoms with van der Waals surface area (Å²) in [5, 5.41) is 4.73. The maximum atomic E-state index is 6.55. The van der Waals surface area contributed by atoms with Crippen molar-refractivity contribution < 1.29 is 4.42 Å². The Kier molecular flexibility index (Phi) is 6.43. The van der Waals surface area contributed by atoms with Crippen LogP contribution in [0.4, 0.5) is 0 Å². The predicted molar refractivity (Wildman–Crippen MR) is 219 cm³/mol. The molecule has 0 unspecified atom stereocenters. The standard InChI is InChI=1S/C48H31N3OS/c1-48(2)38-25-22-30(27-37(38)33-23-24-34-32-16-6-8-19-39(32)52-44(34)43(33)48)29-14-10-15-31(26-29)46-49-45(28-12-4-3-5-13-28)50-47(51-46)36-18-11-21-41-42(36)35-17-7-9-20-40(35)53-41/h3-27H,1-2H3. The highest BCUT2D eigenvalue weighted by Crippen LogP contribution is 2.53. The summed E-state index contributed by atoms with van der Waals surface area (Å²) in [4.78, 5) is 15.4. The fourth-order valence-electron chi connectivity index (χ4n) is 8.40. The number of rotatable bonds is 4. The Morgan fingerprint density at radius 2 is 1.15 bits per heavy atom. The van der Waals surface area contributed by atoms with Crippen LogP contribution in [0.25, 0.3) is 98.5 Å². The molecule has 5 heteroatoms. The molecule has 0 saturated heterocycles. The normalized spacial score (nSPS) is 13.2. The molecule has 0 fully saturated rings. The lowest BCUT2D eigenvalue weighted by molar-refractivity contribution is 0.620. The van der Waals surface area contributed by atoms with E-state index in [2.05, 4.69) is 141 Å². The number of benzene rings is 7. The molecule has 0 radical (unpaired) electrons. The van der Waals surface area contributed by atoms with Gasteiger partial charge in [-0.15, -0.1) is 11.3 Å². The molecular formula is C48H31N3OS. The van der Waals surface area contributed by atoms with E-state index in [1.165, 1.54) is 47.8 Å². The number of hydrogen-bond acceptors (Lipinski definition) is 5. The van der Waals surface area contributed by atoms with Gasteiger partial charge in [0.2, 0.25) is 0 Å². The van der Waals surface area contributed by atoms with Gasteiger partial charge in [0.15, 0.2) is 17.5 Å². The van der Waals surface area contributed by atoms with Crippen LogP contribution >= 0.6 is 11.3 Å². The SMILES string of the molecule is CC1(C)c2ccc(-c3cccc(-c4nc(-c5ccccc5)nc(-c5cccc6sc7ccccc7c56)n4)c3)cc2-c2ccc3c(oc4ccccc43)c21. The third kappa shape index (κ3) is 4.57. The lowest BCUT2D eigenvalue weighted by atomic mass is 9.81. The fraction of sp³-hybridized carbons (Fsp3) is 0.0625. The highest BCUT2D eigenvalue weighted by molar-refractivity contribution is 7.25. The van der Waals surface area contributed by atoms with Gasteiger partial charge in [-0.05, 0) is 64.2 Å². The van der Waals surface area contributed by atoms with Crippen molar-refractivity contribution in [3.63, 3.8) is 0 Å². The van der Waals surface area contributed by atoms with E-state index >= 15 is 0 Å². The molecule has 0 bridgehead atoms. The minimum absolute atomic E-state index is 0.204. The summed E-state index contributed by atoms with van der Waals surface area (Å²) in [5.74, 6) is 1.97. The first kappa shape index (κ1) is 30.2. The number of thiophene rings is 1. The van der Waals surface area contributed by atoms with Gasteiger partial charge in [-0.2, -0.15) is 0 Å². The number of nitrogens with zero attached hydrogens (tertiary/aromatic N) is 3. The molecule has 1 aliphatic carbocycles. The van der Waals surface area contributed by atoms with E-state index in [0.717, 1.165) is 44.4 Å². The minimum atomic E-state index is -0.204. The monoisotopic (exact) mass is 697 g/mol. The molecule has 0 N–H and O–H groups in total. The Hall–Kier alpha value is -6.43. The van der Waals surface area contributed by atoms with Gasteiger partial charge >= 0.3 is 0 Å². The van der Waals surface area contributed by atoms with Crippen LogP contribution in [0.15, 0.2) is 156 Å². The molecule has 4 nitrogen and oxygen atoms in total. The Labute approximate surface area is 310 Å². The molecule has 7 aromatic carbocycles. The third-order valence-electron chi connectivity index (χ3n) is 10.9. The second-order valence-corrected chi connectivity index (χ2v) is 15.5. The van der Waals surface area contributed by atoms with E-state index in [1.807, 2.05) is 24.3 Å². The van der Waals surface area contributed by atoms with Crippen molar-refractivity contribution in [2.45, 2.75) is 19.3 Å². The molecule has 11 rings (SSSR count). The highest BCUT2D eigenvalue weighted by Gasteiger charge is 2.38. The maximum Gasteiger partial charge on any atom is 0.164 e. The first-order valence-corrected chi connectivity index (χ1v) is 18.8. The third-order valence-corrected chi connectivity index (χ3v) is 12.1. The van der Waals surface area contributed by atoms with Crippen LogP contribution in [0.3, 0.4) is 0 Å². The molecule has 1 aliphatic rings. The summed E-state index contributed by atoms with van der Waals surface area (Å²) in [6, 6.07) is 53.5. The van der Waals surface area contributed by atoms with E-state index in [-0.39, 0.29) is 5.41 Å². The number of hydrogen-bond donors (Lipinski definition) is 0. The van der Waals surface area contributed by atoms with Gasteiger partial charge in [0.1, 0.15) is 11.2 Å². The zero-order chi connectivity index (χ0) is 35.3. The number of para-hydroxylation sites is 1. The predicted octanol–water partition coefficient (Wildman–Crippen LogP) is 13.1. The molecule has 250 valence electrons. The summed E-state index contributed by atoms with van der Waals surface area (Å²) in [6.45, 7) is 4.62. The minimum Gasteiger partial charge on any atom is -0.456 e. The fourth-order valence-corrected chi connectivity index (χ4v) is 9.53. The average molecular weight is 698 g/mol. The average Bonchev–Trinajstić information content (AvgIpc) is 3.85. The Bertz CT molecular complexity index is 3100. The van der Waals surface area contributed by atoms with Crippen LogP contribution in [0.5, 0.6) is 0 Å². The molecule has 0 atom stereocenters. The number of fused-ring (bicyclic) bond motifs is 10. The van der Waals surface area contributed by atoms with Crippen LogP contribution in [0.2, 0.25) is 0 Å². The molecule has 0 spiro atoms. The zero-order valence-corrected chi connectivity index (χ0v) is 29.9. The van der Waals surface area contributed by atoms with Crippen molar-refractivity contribution in [3.8, 4) is 56.4 Å². The van der Waals surface area contributed by atoms with Gasteiger partial charge in [0.05, 0.1) is 0 Å². The van der Waals surface area contributed by atoms with Crippen molar-refractivity contribution in [3.05, 3.63) is 163 Å². The second-order valence-electron chi connectivity index (χ2n) is 14.4. The molecular weight excluding hydrogens is 667 g/mol. The molecule has 3 heterocycles. The van der Waals surface area contributed by atoms with Crippen LogP contribution in [-0.4, -0.2) is 15.0 Å². The molecule has 10 aromatic rings. The van der Waals surface area contributed by atoms with Crippen LogP contribution in [0.1, 0.15) is 25.0 Å². The van der Waals surface area contributed by atoms with Crippen molar-refractivity contribution >= 4 is 53.4 Å². The Morgan fingerprint density at radius 3 is 2.04 bits per heavy atom. The first-order valence-electron chi connectivity index (χ1n) is 17.9. The number of furan rings is 1. The smallest absolute Gasteiger partial charge is 0.164 e. The van der Waals surface area contributed by atoms with Crippen LogP contribution in [0, 0.1) is 0 Å². The van der Waals surface area contributed by atoms with Gasteiger partial charge in [-0.3, -0.25) is 0 Å². The van der Waals surface area contributed by atoms with Gasteiger partial charge in [-0.1, -0.05) is 129 Å². The highest BCUT2D eigenvalue weighted by atomic mass is 32.1. The van der Waals surface area contributed by atoms with Crippen molar-refractivity contribution in [1.82, 2.24) is 15.0 Å². The van der Waals surface area contributed by atoms with E-state index in [9.17, 15) is 0 Å². The molecule has 53 heavy (non-hydrogen) atoms. The largest absolute Gasteiger partial charge is 0.456 e. The summed E-state index contributed by atoms with van der Waals surface area (Å²) >= 11 is 1.80. The lowest BCUT2D eigenvalue weighted by Crippen LogP contribution is -2.15. The van der Waals surface area contributed by atoms with Crippen molar-refractivity contribution in [2.24, 2.45) is 0 Å². The van der Waals surface area contributed by atoms with Gasteiger partial charge in [0, 0.05) is 58.6 Å². The van der Waals surface area contributed by atoms with Crippen LogP contribution < -0.4 is 0 Å². The van der Waals surface area contributed by atoms with E-state index in [1.54, 1.807) is 11.3 Å². The van der Waals surface area contributed by atoms with Gasteiger partial charge in [-0.25, -0.2) is 15.0 Å². The summed E-state index contributed by atoms with van der Waals surface area (Å²) in [5.41, 5.74) is 11.9. The molecule has 3 aromatic heterocycles. The van der Waals surface area contributed by atoms with E-state index < -0.39 is 0 Å². The van der Waals surface area contributed by atoms with Crippen LogP contribution in [-0.2, 0) is 5.41 Å². The van der Waals surface area contributed by atoms with Crippen molar-refractivity contribution in [2.75, 3.05) is 0 Å². The molecule has 0 aliphatic heterocycles. The Balaban J connectivity index is 1.06. The topological polar surface area (TPSA) is 51.8 Å². The lowest BCUT2D eigenvalue weighted by Gasteiger charge is -2.21. The zero-order valence-electron chi connectivity index (χ0n) is 29.1. The van der Waals surface area contributed by atoms with Gasteiger partial charge in [0.25, 0.3) is 0 Å². The van der Waals surface area contributed by atoms with E-state index in [0.29, 0.717) is 17.5 Å². The Morgan fingerprint density at radius 1 is 0.472 bits per heavy atom. The summed E-state index contributed by atoms with van der Waals surface area (Å²) < 4.78 is 9.02. The second kappa shape index (κ2) is 11.3. The maximum absolute atomic E-state index is 6.55. The first-order chi connectivity index (χ1) is 26.0. The molecule has 0 saturated carbocycles. The van der Waals surface area contributed by atoms with Crippen molar-refractivity contribution in [1.29, 1.82) is 0 Å². The molecule has 0 amide bonds. The number of aromatic nitrogens is 3.